The van der Waals surface area contributed by atoms with Gasteiger partial charge in [-0.1, -0.05) is 0 Å². The van der Waals surface area contributed by atoms with Crippen LogP contribution in [0.4, 0.5) is 4.39 Å². The Bertz CT molecular complexity index is 320. The van der Waals surface area contributed by atoms with E-state index in [2.05, 4.69) is 0 Å². The van der Waals surface area contributed by atoms with Crippen molar-refractivity contribution in [2.75, 3.05) is 19.8 Å². The van der Waals surface area contributed by atoms with E-state index in [0.717, 1.165) is 0 Å². The van der Waals surface area contributed by atoms with Crippen LogP contribution >= 0.6 is 0 Å². The second-order valence-electron chi connectivity index (χ2n) is 4.48. The van der Waals surface area contributed by atoms with Gasteiger partial charge in [0.05, 0.1) is 13.3 Å². The van der Waals surface area contributed by atoms with Gasteiger partial charge in [-0.05, 0) is 19.8 Å². The van der Waals surface area contributed by atoms with Gasteiger partial charge in [-0.25, -0.2) is 4.79 Å². The Kier molecular flexibility index (Phi) is 2.86. The lowest BCUT2D eigenvalue weighted by Crippen LogP contribution is -2.48. The number of carbonyl (C=O) groups excluding carboxylic acids is 2. The summed E-state index contributed by atoms with van der Waals surface area (Å²) in [5.41, 5.74) is -0.857. The van der Waals surface area contributed by atoms with Gasteiger partial charge in [-0.15, -0.1) is 0 Å². The number of hydrogen-bond donors (Lipinski definition) is 0. The Labute approximate surface area is 93.7 Å². The zero-order valence-corrected chi connectivity index (χ0v) is 9.37. The van der Waals surface area contributed by atoms with E-state index in [4.69, 9.17) is 4.74 Å². The van der Waals surface area contributed by atoms with Gasteiger partial charge in [0.15, 0.2) is 0 Å². The lowest BCUT2D eigenvalue weighted by molar-refractivity contribution is -0.157. The Balaban J connectivity index is 2.22. The number of ether oxygens (including phenoxy) is 1. The Morgan fingerprint density at radius 3 is 3.06 bits per heavy atom. The first-order chi connectivity index (χ1) is 7.64. The van der Waals surface area contributed by atoms with E-state index in [0.29, 0.717) is 32.4 Å². The summed E-state index contributed by atoms with van der Waals surface area (Å²) < 4.78 is 17.7. The standard InChI is InChI=1S/C11H16FNO3/c1-2-16-10(15)11-4-3-9(14)13(11)7-8(5-11)6-12/h8H,2-7H2,1H3/t8-,11?/m0/s1. The molecule has 1 amide bonds. The number of nitrogens with zero attached hydrogens (tertiary/aromatic N) is 1. The van der Waals surface area contributed by atoms with Crippen molar-refractivity contribution in [2.45, 2.75) is 31.7 Å². The Morgan fingerprint density at radius 2 is 2.44 bits per heavy atom. The van der Waals surface area contributed by atoms with E-state index >= 15 is 0 Å². The molecule has 1 unspecified atom stereocenters. The summed E-state index contributed by atoms with van der Waals surface area (Å²) >= 11 is 0. The van der Waals surface area contributed by atoms with Crippen LogP contribution in [0.3, 0.4) is 0 Å². The number of carbonyl (C=O) groups is 2. The summed E-state index contributed by atoms with van der Waals surface area (Å²) in [5.74, 6) is -0.630. The van der Waals surface area contributed by atoms with Crippen molar-refractivity contribution in [2.24, 2.45) is 5.92 Å². The number of rotatable bonds is 3. The Morgan fingerprint density at radius 1 is 1.69 bits per heavy atom. The molecule has 2 heterocycles. The molecule has 0 aromatic rings. The quantitative estimate of drug-likeness (QED) is 0.675. The molecule has 0 radical (unpaired) electrons. The molecule has 2 saturated heterocycles. The Hall–Kier alpha value is -1.13. The fourth-order valence-corrected chi connectivity index (χ4v) is 2.78. The zero-order chi connectivity index (χ0) is 11.8. The fraction of sp³-hybridized carbons (Fsp3) is 0.818. The second-order valence-corrected chi connectivity index (χ2v) is 4.48. The van der Waals surface area contributed by atoms with Crippen molar-refractivity contribution in [3.8, 4) is 0 Å². The third-order valence-electron chi connectivity index (χ3n) is 3.51. The number of alkyl halides is 1. The molecule has 0 aliphatic carbocycles. The van der Waals surface area contributed by atoms with Gasteiger partial charge in [0, 0.05) is 18.9 Å². The molecule has 2 rings (SSSR count). The molecule has 5 heteroatoms. The van der Waals surface area contributed by atoms with Crippen molar-refractivity contribution < 1.29 is 18.7 Å². The molecule has 90 valence electrons. The number of esters is 1. The maximum Gasteiger partial charge on any atom is 0.332 e. The van der Waals surface area contributed by atoms with Crippen LogP contribution in [0.2, 0.25) is 0 Å². The predicted molar refractivity (Wildman–Crippen MR) is 54.4 cm³/mol. The average Bonchev–Trinajstić information content (AvgIpc) is 2.78. The molecule has 2 fully saturated rings. The summed E-state index contributed by atoms with van der Waals surface area (Å²) in [6.07, 6.45) is 1.26. The van der Waals surface area contributed by atoms with E-state index in [1.54, 1.807) is 6.92 Å². The normalized spacial score (nSPS) is 33.0. The highest BCUT2D eigenvalue weighted by atomic mass is 19.1. The molecule has 2 atom stereocenters. The number of amides is 1. The average molecular weight is 229 g/mol. The number of fused-ring (bicyclic) bond motifs is 1. The van der Waals surface area contributed by atoms with Gasteiger partial charge in [0.1, 0.15) is 5.54 Å². The molecular weight excluding hydrogens is 213 g/mol. The first-order valence-electron chi connectivity index (χ1n) is 5.67. The zero-order valence-electron chi connectivity index (χ0n) is 9.37. The maximum atomic E-state index is 12.7. The van der Waals surface area contributed by atoms with E-state index < -0.39 is 12.2 Å². The van der Waals surface area contributed by atoms with Crippen molar-refractivity contribution in [1.29, 1.82) is 0 Å². The molecule has 0 N–H and O–H groups in total. The van der Waals surface area contributed by atoms with Crippen LogP contribution < -0.4 is 0 Å². The molecule has 2 aliphatic rings. The van der Waals surface area contributed by atoms with Crippen LogP contribution in [0.15, 0.2) is 0 Å². The fourth-order valence-electron chi connectivity index (χ4n) is 2.78. The van der Waals surface area contributed by atoms with E-state index in [1.165, 1.54) is 4.90 Å². The van der Waals surface area contributed by atoms with E-state index in [9.17, 15) is 14.0 Å². The molecule has 0 spiro atoms. The summed E-state index contributed by atoms with van der Waals surface area (Å²) in [6, 6.07) is 0. The predicted octanol–water partition coefficient (Wildman–Crippen LogP) is 0.900. The highest BCUT2D eigenvalue weighted by Crippen LogP contribution is 2.43. The van der Waals surface area contributed by atoms with Gasteiger partial charge >= 0.3 is 5.97 Å². The lowest BCUT2D eigenvalue weighted by Gasteiger charge is -2.28. The van der Waals surface area contributed by atoms with Gasteiger partial charge in [-0.3, -0.25) is 9.18 Å². The van der Waals surface area contributed by atoms with E-state index in [-0.39, 0.29) is 17.8 Å². The number of halogens is 1. The third-order valence-corrected chi connectivity index (χ3v) is 3.51. The summed E-state index contributed by atoms with van der Waals surface area (Å²) in [7, 11) is 0. The monoisotopic (exact) mass is 229 g/mol. The summed E-state index contributed by atoms with van der Waals surface area (Å²) in [4.78, 5) is 25.1. The molecule has 0 saturated carbocycles. The minimum absolute atomic E-state index is 0.0518. The molecule has 0 aromatic heterocycles. The van der Waals surface area contributed by atoms with Crippen LogP contribution in [0.1, 0.15) is 26.2 Å². The second kappa shape index (κ2) is 4.03. The highest BCUT2D eigenvalue weighted by Gasteiger charge is 2.57. The van der Waals surface area contributed by atoms with Crippen molar-refractivity contribution in [1.82, 2.24) is 4.90 Å². The van der Waals surface area contributed by atoms with Crippen LogP contribution in [-0.4, -0.2) is 42.1 Å². The molecule has 4 nitrogen and oxygen atoms in total. The minimum atomic E-state index is -0.857. The minimum Gasteiger partial charge on any atom is -0.464 e. The van der Waals surface area contributed by atoms with Gasteiger partial charge in [0.2, 0.25) is 5.91 Å². The maximum absolute atomic E-state index is 12.7. The molecule has 16 heavy (non-hydrogen) atoms. The van der Waals surface area contributed by atoms with Crippen LogP contribution in [0.25, 0.3) is 0 Å². The topological polar surface area (TPSA) is 46.6 Å². The first-order valence-corrected chi connectivity index (χ1v) is 5.67. The highest BCUT2D eigenvalue weighted by molar-refractivity contribution is 5.92. The smallest absolute Gasteiger partial charge is 0.332 e. The van der Waals surface area contributed by atoms with Crippen molar-refractivity contribution in [3.63, 3.8) is 0 Å². The van der Waals surface area contributed by atoms with Crippen molar-refractivity contribution in [3.05, 3.63) is 0 Å². The first kappa shape index (κ1) is 11.4. The van der Waals surface area contributed by atoms with E-state index in [1.807, 2.05) is 0 Å². The van der Waals surface area contributed by atoms with Crippen LogP contribution in [0, 0.1) is 5.92 Å². The van der Waals surface area contributed by atoms with Crippen LogP contribution in [-0.2, 0) is 14.3 Å². The largest absolute Gasteiger partial charge is 0.464 e. The SMILES string of the molecule is CCOC(=O)C12CCC(=O)N1C[C@H](CF)C2. The summed E-state index contributed by atoms with van der Waals surface area (Å²) in [6.45, 7) is 1.90. The molecule has 0 aromatic carbocycles. The van der Waals surface area contributed by atoms with Gasteiger partial charge in [-0.2, -0.15) is 0 Å². The third kappa shape index (κ3) is 1.49. The molecular formula is C11H16FNO3. The van der Waals surface area contributed by atoms with Crippen molar-refractivity contribution >= 4 is 11.9 Å². The van der Waals surface area contributed by atoms with Crippen LogP contribution in [0.5, 0.6) is 0 Å². The number of hydrogen-bond acceptors (Lipinski definition) is 3. The molecule has 0 bridgehead atoms. The summed E-state index contributed by atoms with van der Waals surface area (Å²) in [5, 5.41) is 0. The van der Waals surface area contributed by atoms with Gasteiger partial charge < -0.3 is 9.64 Å². The molecule has 2 aliphatic heterocycles. The lowest BCUT2D eigenvalue weighted by atomic mass is 9.90. The van der Waals surface area contributed by atoms with Gasteiger partial charge in [0.25, 0.3) is 0 Å².